The van der Waals surface area contributed by atoms with E-state index in [-0.39, 0.29) is 42.0 Å². The Labute approximate surface area is 326 Å². The predicted molar refractivity (Wildman–Crippen MR) is 210 cm³/mol. The van der Waals surface area contributed by atoms with Crippen molar-refractivity contribution >= 4 is 5.91 Å². The van der Waals surface area contributed by atoms with Gasteiger partial charge in [0.25, 0.3) is 5.91 Å². The Kier molecular flexibility index (Phi) is 16.6. The minimum absolute atomic E-state index is 0.0110. The summed E-state index contributed by atoms with van der Waals surface area (Å²) >= 11 is 0. The molecule has 0 saturated carbocycles. The van der Waals surface area contributed by atoms with Gasteiger partial charge in [-0.15, -0.1) is 0 Å². The number of hydrogen-bond donors (Lipinski definition) is 1. The third-order valence-electron chi connectivity index (χ3n) is 11.1. The average molecular weight is 760 g/mol. The first kappa shape index (κ1) is 42.4. The van der Waals surface area contributed by atoms with E-state index in [9.17, 15) is 18.8 Å². The quantitative estimate of drug-likeness (QED) is 0.175. The third kappa shape index (κ3) is 12.4. The number of amides is 1. The smallest absolute Gasteiger partial charge is 0.253 e. The fourth-order valence-electron chi connectivity index (χ4n) is 8.05. The molecule has 3 aromatic carbocycles. The van der Waals surface area contributed by atoms with Crippen molar-refractivity contribution in [3.8, 4) is 6.07 Å². The lowest BCUT2D eigenvalue weighted by molar-refractivity contribution is -0.163. The van der Waals surface area contributed by atoms with Crippen molar-refractivity contribution in [2.45, 2.75) is 115 Å². The van der Waals surface area contributed by atoms with Crippen LogP contribution in [-0.4, -0.2) is 70.0 Å². The van der Waals surface area contributed by atoms with E-state index in [1.54, 1.807) is 23.1 Å². The molecule has 10 heteroatoms. The van der Waals surface area contributed by atoms with E-state index in [0.717, 1.165) is 111 Å². The summed E-state index contributed by atoms with van der Waals surface area (Å²) in [5.41, 5.74) is 13.2. The number of likely N-dealkylation sites (N-methyl/N-ethyl adjacent to an activating group) is 1. The molecule has 55 heavy (non-hydrogen) atoms. The second kappa shape index (κ2) is 21.5. The van der Waals surface area contributed by atoms with Gasteiger partial charge in [-0.25, -0.2) is 8.78 Å². The van der Waals surface area contributed by atoms with Gasteiger partial charge in [-0.2, -0.15) is 5.26 Å². The Hall–Kier alpha value is -3.72. The molecular weight excluding hydrogens is 701 g/mol. The Morgan fingerprint density at radius 1 is 0.836 bits per heavy atom. The zero-order valence-corrected chi connectivity index (χ0v) is 32.9. The van der Waals surface area contributed by atoms with Crippen LogP contribution in [0.4, 0.5) is 8.78 Å². The minimum atomic E-state index is -0.263. The van der Waals surface area contributed by atoms with Gasteiger partial charge >= 0.3 is 0 Å². The summed E-state index contributed by atoms with van der Waals surface area (Å²) in [5.74, 6) is -0.334. The molecule has 4 unspecified atom stereocenters. The van der Waals surface area contributed by atoms with Crippen LogP contribution < -0.4 is 5.73 Å². The highest BCUT2D eigenvalue weighted by atomic mass is 19.1. The first-order valence-electron chi connectivity index (χ1n) is 20.2. The monoisotopic (exact) mass is 759 g/mol. The second-order valence-corrected chi connectivity index (χ2v) is 15.2. The van der Waals surface area contributed by atoms with Gasteiger partial charge in [0.05, 0.1) is 24.8 Å². The minimum Gasteiger partial charge on any atom is -0.353 e. The van der Waals surface area contributed by atoms with Crippen LogP contribution in [0.5, 0.6) is 0 Å². The Morgan fingerprint density at radius 2 is 1.40 bits per heavy atom. The highest BCUT2D eigenvalue weighted by Gasteiger charge is 2.26. The van der Waals surface area contributed by atoms with Crippen LogP contribution in [0.3, 0.4) is 0 Å². The molecule has 298 valence electrons. The standard InChI is InChI=1S/C29H35FN2O3.C16H24FNO2/c1-20-15-24(30)10-11-25(20)23(12-14-35-28-9-5-6-13-34-28)19-32(2)29(33)27-17-21(18-31)16-22-7-3-4-8-26(22)27;1-12-10-14(17)5-6-15(12)13(11-18)7-9-20-16-4-2-3-8-19-16/h10-11,15-17,23,28H,3-9,12-14,19H2,1-2H3;5-6,10,13,16H,2-4,7-9,11,18H2,1H3. The van der Waals surface area contributed by atoms with Crippen LogP contribution in [0.2, 0.25) is 0 Å². The number of nitriles is 1. The summed E-state index contributed by atoms with van der Waals surface area (Å²) in [6.07, 6.45) is 11.6. The van der Waals surface area contributed by atoms with E-state index in [4.69, 9.17) is 24.7 Å². The van der Waals surface area contributed by atoms with Crippen LogP contribution in [0.15, 0.2) is 48.5 Å². The lowest BCUT2D eigenvalue weighted by atomic mass is 9.86. The maximum absolute atomic E-state index is 13.8. The lowest BCUT2D eigenvalue weighted by Gasteiger charge is -2.29. The van der Waals surface area contributed by atoms with Crippen molar-refractivity contribution in [2.24, 2.45) is 5.73 Å². The topological polar surface area (TPSA) is 107 Å². The molecule has 8 nitrogen and oxygen atoms in total. The van der Waals surface area contributed by atoms with Gasteiger partial charge in [0.1, 0.15) is 11.6 Å². The van der Waals surface area contributed by atoms with Crippen molar-refractivity contribution in [1.82, 2.24) is 4.90 Å². The molecule has 1 amide bonds. The number of halogens is 2. The second-order valence-electron chi connectivity index (χ2n) is 15.2. The molecule has 1 aliphatic carbocycles. The summed E-state index contributed by atoms with van der Waals surface area (Å²) in [5, 5.41) is 9.51. The number of aryl methyl sites for hydroxylation is 3. The van der Waals surface area contributed by atoms with Crippen LogP contribution in [0.25, 0.3) is 0 Å². The molecule has 3 aliphatic rings. The highest BCUT2D eigenvalue weighted by Crippen LogP contribution is 2.30. The molecule has 2 saturated heterocycles. The maximum Gasteiger partial charge on any atom is 0.253 e. The van der Waals surface area contributed by atoms with Crippen molar-refractivity contribution in [3.05, 3.63) is 105 Å². The van der Waals surface area contributed by atoms with E-state index in [2.05, 4.69) is 6.07 Å². The van der Waals surface area contributed by atoms with Gasteiger partial charge < -0.3 is 29.6 Å². The van der Waals surface area contributed by atoms with Crippen molar-refractivity contribution in [3.63, 3.8) is 0 Å². The summed E-state index contributed by atoms with van der Waals surface area (Å²) in [6, 6.07) is 15.6. The number of rotatable bonds is 14. The summed E-state index contributed by atoms with van der Waals surface area (Å²) in [7, 11) is 1.81. The van der Waals surface area contributed by atoms with Gasteiger partial charge in [0.15, 0.2) is 12.6 Å². The van der Waals surface area contributed by atoms with Gasteiger partial charge in [0.2, 0.25) is 0 Å². The molecule has 3 aromatic rings. The number of carbonyl (C=O) groups excluding carboxylic acids is 1. The van der Waals surface area contributed by atoms with Crippen LogP contribution in [0.1, 0.15) is 125 Å². The molecular formula is C45H59F2N3O5. The molecule has 0 radical (unpaired) electrons. The number of fused-ring (bicyclic) bond motifs is 1. The molecule has 2 aliphatic heterocycles. The van der Waals surface area contributed by atoms with Crippen molar-refractivity contribution in [2.75, 3.05) is 46.6 Å². The van der Waals surface area contributed by atoms with E-state index in [1.165, 1.54) is 18.6 Å². The van der Waals surface area contributed by atoms with E-state index in [1.807, 2.05) is 39.1 Å². The molecule has 2 N–H and O–H groups in total. The normalized spacial score (nSPS) is 19.3. The SMILES string of the molecule is Cc1cc(F)ccc1C(CCOC1CCCCO1)CN(C)C(=O)c1cc(C#N)cc2c1CCCC2.Cc1cc(F)ccc1C(CN)CCOC1CCCCO1. The van der Waals surface area contributed by atoms with Gasteiger partial charge in [-0.05, 0) is 173 Å². The van der Waals surface area contributed by atoms with Crippen LogP contribution >= 0.6 is 0 Å². The fourth-order valence-corrected chi connectivity index (χ4v) is 8.05. The highest BCUT2D eigenvalue weighted by molar-refractivity contribution is 5.96. The van der Waals surface area contributed by atoms with E-state index >= 15 is 0 Å². The molecule has 2 heterocycles. The maximum atomic E-state index is 13.8. The first-order chi connectivity index (χ1) is 26.7. The lowest BCUT2D eigenvalue weighted by Crippen LogP contribution is -2.33. The first-order valence-corrected chi connectivity index (χ1v) is 20.2. The molecule has 0 bridgehead atoms. The van der Waals surface area contributed by atoms with Crippen LogP contribution in [0, 0.1) is 36.8 Å². The molecule has 6 rings (SSSR count). The Balaban J connectivity index is 0.000000246. The largest absolute Gasteiger partial charge is 0.353 e. The number of nitrogens with two attached hydrogens (primary N) is 1. The molecule has 4 atom stereocenters. The Morgan fingerprint density at radius 3 is 1.93 bits per heavy atom. The van der Waals surface area contributed by atoms with Gasteiger partial charge in [-0.3, -0.25) is 4.79 Å². The molecule has 0 aromatic heterocycles. The average Bonchev–Trinajstić information content (AvgIpc) is 3.20. The Bertz CT molecular complexity index is 1730. The number of ether oxygens (including phenoxy) is 4. The number of hydrogen-bond acceptors (Lipinski definition) is 7. The van der Waals surface area contributed by atoms with E-state index < -0.39 is 0 Å². The predicted octanol–water partition coefficient (Wildman–Crippen LogP) is 8.78. The van der Waals surface area contributed by atoms with Crippen molar-refractivity contribution < 1.29 is 32.5 Å². The fraction of sp³-hybridized carbons (Fsp3) is 0.556. The molecule has 0 spiro atoms. The van der Waals surface area contributed by atoms with Gasteiger partial charge in [0, 0.05) is 38.3 Å². The molecule has 2 fully saturated rings. The van der Waals surface area contributed by atoms with Crippen molar-refractivity contribution in [1.29, 1.82) is 5.26 Å². The zero-order chi connectivity index (χ0) is 39.2. The van der Waals surface area contributed by atoms with E-state index in [0.29, 0.717) is 43.9 Å². The summed E-state index contributed by atoms with van der Waals surface area (Å²) < 4.78 is 49.9. The number of carbonyl (C=O) groups is 1. The zero-order valence-electron chi connectivity index (χ0n) is 32.9. The van der Waals surface area contributed by atoms with Gasteiger partial charge in [-0.1, -0.05) is 12.1 Å². The summed E-state index contributed by atoms with van der Waals surface area (Å²) in [4.78, 5) is 15.4. The summed E-state index contributed by atoms with van der Waals surface area (Å²) in [6.45, 7) is 7.51. The van der Waals surface area contributed by atoms with Crippen LogP contribution in [-0.2, 0) is 31.8 Å². The number of nitrogens with zero attached hydrogens (tertiary/aromatic N) is 2. The number of benzene rings is 3. The third-order valence-corrected chi connectivity index (χ3v) is 11.1.